The van der Waals surface area contributed by atoms with Gasteiger partial charge in [-0.2, -0.15) is 0 Å². The monoisotopic (exact) mass is 223 g/mol. The van der Waals surface area contributed by atoms with Crippen LogP contribution in [-0.2, 0) is 0 Å². The van der Waals surface area contributed by atoms with Gasteiger partial charge in [0.05, 0.1) is 6.61 Å². The van der Waals surface area contributed by atoms with Gasteiger partial charge in [-0.15, -0.1) is 0 Å². The van der Waals surface area contributed by atoms with E-state index in [1.165, 1.54) is 12.8 Å². The van der Waals surface area contributed by atoms with Gasteiger partial charge in [0, 0.05) is 5.54 Å². The minimum Gasteiger partial charge on any atom is -0.394 e. The summed E-state index contributed by atoms with van der Waals surface area (Å²) in [4.78, 5) is 0. The van der Waals surface area contributed by atoms with E-state index in [4.69, 9.17) is 0 Å². The number of hydrogen-bond acceptors (Lipinski definition) is 2. The molecule has 0 radical (unpaired) electrons. The molecule has 2 heteroatoms. The number of fused-ring (bicyclic) bond motifs is 2. The van der Waals surface area contributed by atoms with Crippen LogP contribution in [0.25, 0.3) is 0 Å². The van der Waals surface area contributed by atoms with E-state index in [1.807, 2.05) is 0 Å². The van der Waals surface area contributed by atoms with Crippen molar-refractivity contribution >= 4 is 0 Å². The van der Waals surface area contributed by atoms with Crippen molar-refractivity contribution in [2.45, 2.75) is 45.1 Å². The highest BCUT2D eigenvalue weighted by atomic mass is 16.3. The summed E-state index contributed by atoms with van der Waals surface area (Å²) in [5, 5.41) is 13.0. The summed E-state index contributed by atoms with van der Waals surface area (Å²) in [7, 11) is 0. The number of aliphatic hydroxyl groups is 1. The summed E-state index contributed by atoms with van der Waals surface area (Å²) in [6.45, 7) is 5.63. The molecule has 0 saturated heterocycles. The van der Waals surface area contributed by atoms with Gasteiger partial charge in [-0.05, 0) is 50.5 Å². The van der Waals surface area contributed by atoms with Gasteiger partial charge in [0.15, 0.2) is 0 Å². The van der Waals surface area contributed by atoms with E-state index in [1.54, 1.807) is 0 Å². The highest BCUT2D eigenvalue weighted by molar-refractivity contribution is 5.10. The van der Waals surface area contributed by atoms with Crippen molar-refractivity contribution in [3.05, 3.63) is 12.2 Å². The topological polar surface area (TPSA) is 32.3 Å². The third-order valence-corrected chi connectivity index (χ3v) is 4.36. The van der Waals surface area contributed by atoms with E-state index in [9.17, 15) is 5.11 Å². The first-order chi connectivity index (χ1) is 7.67. The summed E-state index contributed by atoms with van der Waals surface area (Å²) in [6, 6.07) is 0. The quantitative estimate of drug-likeness (QED) is 0.677. The van der Waals surface area contributed by atoms with Crippen molar-refractivity contribution in [2.24, 2.45) is 17.8 Å². The van der Waals surface area contributed by atoms with Gasteiger partial charge in [-0.3, -0.25) is 0 Å². The zero-order valence-electron chi connectivity index (χ0n) is 10.6. The van der Waals surface area contributed by atoms with Gasteiger partial charge in [-0.1, -0.05) is 25.5 Å². The zero-order chi connectivity index (χ0) is 11.6. The minimum atomic E-state index is -0.0691. The van der Waals surface area contributed by atoms with E-state index < -0.39 is 0 Å². The van der Waals surface area contributed by atoms with Crippen LogP contribution in [0, 0.1) is 17.8 Å². The van der Waals surface area contributed by atoms with Crippen LogP contribution >= 0.6 is 0 Å². The predicted molar refractivity (Wildman–Crippen MR) is 67.2 cm³/mol. The molecule has 2 rings (SSSR count). The molecule has 16 heavy (non-hydrogen) atoms. The molecule has 4 atom stereocenters. The highest BCUT2D eigenvalue weighted by Gasteiger charge is 2.36. The van der Waals surface area contributed by atoms with Gasteiger partial charge in [0.2, 0.25) is 0 Å². The molecule has 2 aliphatic rings. The summed E-state index contributed by atoms with van der Waals surface area (Å²) < 4.78 is 0. The average Bonchev–Trinajstić information content (AvgIpc) is 2.88. The fourth-order valence-corrected chi connectivity index (χ4v) is 3.28. The number of hydrogen-bond donors (Lipinski definition) is 2. The van der Waals surface area contributed by atoms with Gasteiger partial charge in [0.1, 0.15) is 0 Å². The first-order valence-electron chi connectivity index (χ1n) is 6.71. The minimum absolute atomic E-state index is 0.0691. The molecule has 2 nitrogen and oxygen atoms in total. The van der Waals surface area contributed by atoms with Crippen LogP contribution in [0.1, 0.15) is 39.5 Å². The normalized spacial score (nSPS) is 35.6. The van der Waals surface area contributed by atoms with Crippen molar-refractivity contribution in [1.29, 1.82) is 0 Å². The molecular formula is C14H25NO. The molecule has 0 aromatic rings. The van der Waals surface area contributed by atoms with E-state index in [0.717, 1.165) is 37.1 Å². The lowest BCUT2D eigenvalue weighted by Crippen LogP contribution is -2.48. The Kier molecular flexibility index (Phi) is 3.70. The lowest BCUT2D eigenvalue weighted by molar-refractivity contribution is 0.156. The van der Waals surface area contributed by atoms with Crippen molar-refractivity contribution in [2.75, 3.05) is 13.2 Å². The summed E-state index contributed by atoms with van der Waals surface area (Å²) in [6.07, 6.45) is 9.69. The van der Waals surface area contributed by atoms with Crippen LogP contribution in [0.2, 0.25) is 0 Å². The largest absolute Gasteiger partial charge is 0.394 e. The Morgan fingerprint density at radius 2 is 2.19 bits per heavy atom. The molecule has 2 bridgehead atoms. The lowest BCUT2D eigenvalue weighted by atomic mass is 9.91. The van der Waals surface area contributed by atoms with Crippen LogP contribution in [0.4, 0.5) is 0 Å². The number of rotatable bonds is 6. The SMILES string of the molecule is CCCC(C)(CO)NCC1CC2C=CC1C2. The first kappa shape index (κ1) is 12.1. The smallest absolute Gasteiger partial charge is 0.0610 e. The van der Waals surface area contributed by atoms with Crippen LogP contribution < -0.4 is 5.32 Å². The molecule has 0 spiro atoms. The van der Waals surface area contributed by atoms with Crippen LogP contribution in [0.5, 0.6) is 0 Å². The summed E-state index contributed by atoms with van der Waals surface area (Å²) in [5.41, 5.74) is -0.0691. The Morgan fingerprint density at radius 1 is 1.38 bits per heavy atom. The van der Waals surface area contributed by atoms with Crippen molar-refractivity contribution < 1.29 is 5.11 Å². The molecule has 1 saturated carbocycles. The van der Waals surface area contributed by atoms with Crippen LogP contribution in [0.15, 0.2) is 12.2 Å². The molecule has 92 valence electrons. The molecule has 0 aromatic carbocycles. The van der Waals surface area contributed by atoms with E-state index >= 15 is 0 Å². The van der Waals surface area contributed by atoms with Gasteiger partial charge in [-0.25, -0.2) is 0 Å². The van der Waals surface area contributed by atoms with E-state index in [2.05, 4.69) is 31.3 Å². The first-order valence-corrected chi connectivity index (χ1v) is 6.71. The molecule has 2 N–H and O–H groups in total. The maximum absolute atomic E-state index is 9.45. The number of aliphatic hydroxyl groups excluding tert-OH is 1. The zero-order valence-corrected chi connectivity index (χ0v) is 10.6. The maximum Gasteiger partial charge on any atom is 0.0610 e. The second-order valence-corrected chi connectivity index (χ2v) is 5.89. The van der Waals surface area contributed by atoms with E-state index in [-0.39, 0.29) is 12.1 Å². The molecule has 0 amide bonds. The molecule has 0 aromatic heterocycles. The van der Waals surface area contributed by atoms with Crippen molar-refractivity contribution in [3.8, 4) is 0 Å². The van der Waals surface area contributed by atoms with Gasteiger partial charge in [0.25, 0.3) is 0 Å². The molecule has 1 fully saturated rings. The molecule has 0 aliphatic heterocycles. The molecule has 2 aliphatic carbocycles. The Bertz CT molecular complexity index is 263. The van der Waals surface area contributed by atoms with Crippen LogP contribution in [0.3, 0.4) is 0 Å². The van der Waals surface area contributed by atoms with E-state index in [0.29, 0.717) is 0 Å². The predicted octanol–water partition coefficient (Wildman–Crippen LogP) is 2.34. The highest BCUT2D eigenvalue weighted by Crippen LogP contribution is 2.43. The third kappa shape index (κ3) is 2.49. The second kappa shape index (κ2) is 4.89. The maximum atomic E-state index is 9.45. The third-order valence-electron chi connectivity index (χ3n) is 4.36. The Labute approximate surface area is 99.1 Å². The molecular weight excluding hydrogens is 198 g/mol. The average molecular weight is 223 g/mol. The van der Waals surface area contributed by atoms with Crippen molar-refractivity contribution in [3.63, 3.8) is 0 Å². The Hall–Kier alpha value is -0.340. The number of nitrogens with one attached hydrogen (secondary N) is 1. The number of allylic oxidation sites excluding steroid dienone is 2. The van der Waals surface area contributed by atoms with Gasteiger partial charge < -0.3 is 10.4 Å². The summed E-state index contributed by atoms with van der Waals surface area (Å²) >= 11 is 0. The van der Waals surface area contributed by atoms with Gasteiger partial charge >= 0.3 is 0 Å². The summed E-state index contributed by atoms with van der Waals surface area (Å²) in [5.74, 6) is 2.46. The Balaban J connectivity index is 1.80. The van der Waals surface area contributed by atoms with Crippen LogP contribution in [-0.4, -0.2) is 23.8 Å². The lowest BCUT2D eigenvalue weighted by Gasteiger charge is -2.31. The fourth-order valence-electron chi connectivity index (χ4n) is 3.28. The van der Waals surface area contributed by atoms with Crippen molar-refractivity contribution in [1.82, 2.24) is 5.32 Å². The Morgan fingerprint density at radius 3 is 2.69 bits per heavy atom. The fraction of sp³-hybridized carbons (Fsp3) is 0.857. The second-order valence-electron chi connectivity index (χ2n) is 5.89. The standard InChI is InChI=1S/C14H25NO/c1-3-6-14(2,10-16)15-9-13-8-11-4-5-12(13)7-11/h4-5,11-13,15-16H,3,6-10H2,1-2H3. The molecule has 0 heterocycles. The molecule has 4 unspecified atom stereocenters.